The fraction of sp³-hybridized carbons (Fsp3) is 0.500. The van der Waals surface area contributed by atoms with E-state index in [0.29, 0.717) is 5.56 Å². The Bertz CT molecular complexity index is 433. The summed E-state index contributed by atoms with van der Waals surface area (Å²) in [5.74, 6) is -0.312. The molecule has 0 radical (unpaired) electrons. The zero-order valence-corrected chi connectivity index (χ0v) is 11.6. The molecule has 2 rings (SSSR count). The van der Waals surface area contributed by atoms with Crippen LogP contribution in [0.25, 0.3) is 0 Å². The van der Waals surface area contributed by atoms with Crippen LogP contribution in [0.4, 0.5) is 5.69 Å². The first-order valence-corrected chi connectivity index (χ1v) is 6.32. The molecule has 1 aromatic carbocycles. The van der Waals surface area contributed by atoms with Crippen molar-refractivity contribution in [3.63, 3.8) is 0 Å². The zero-order valence-electron chi connectivity index (χ0n) is 11.6. The van der Waals surface area contributed by atoms with Crippen LogP contribution < -0.4 is 4.90 Å². The molecule has 1 atom stereocenters. The SMILES string of the molecule is COC(=O)c1ccc(N2CCN(C)CC2OC)cc1. The number of likely N-dealkylation sites (N-methyl/N-ethyl adjacent to an activating group) is 1. The van der Waals surface area contributed by atoms with Crippen LogP contribution in [0.5, 0.6) is 0 Å². The smallest absolute Gasteiger partial charge is 0.337 e. The first-order chi connectivity index (χ1) is 9.15. The van der Waals surface area contributed by atoms with E-state index < -0.39 is 0 Å². The monoisotopic (exact) mass is 264 g/mol. The highest BCUT2D eigenvalue weighted by Crippen LogP contribution is 2.21. The summed E-state index contributed by atoms with van der Waals surface area (Å²) in [5, 5.41) is 0. The molecule has 0 aromatic heterocycles. The van der Waals surface area contributed by atoms with Gasteiger partial charge in [-0.05, 0) is 31.3 Å². The second-order valence-electron chi connectivity index (χ2n) is 4.68. The third-order valence-electron chi connectivity index (χ3n) is 3.43. The van der Waals surface area contributed by atoms with E-state index >= 15 is 0 Å². The third kappa shape index (κ3) is 3.05. The van der Waals surface area contributed by atoms with Crippen LogP contribution in [0.1, 0.15) is 10.4 Å². The van der Waals surface area contributed by atoms with Crippen molar-refractivity contribution in [3.05, 3.63) is 29.8 Å². The van der Waals surface area contributed by atoms with Gasteiger partial charge in [0, 0.05) is 32.4 Å². The van der Waals surface area contributed by atoms with E-state index in [1.807, 2.05) is 12.1 Å². The molecule has 104 valence electrons. The van der Waals surface area contributed by atoms with Crippen molar-refractivity contribution in [2.24, 2.45) is 0 Å². The second-order valence-corrected chi connectivity index (χ2v) is 4.68. The van der Waals surface area contributed by atoms with Crippen molar-refractivity contribution in [3.8, 4) is 0 Å². The minimum Gasteiger partial charge on any atom is -0.465 e. The summed E-state index contributed by atoms with van der Waals surface area (Å²) in [6.07, 6.45) is 0.0442. The van der Waals surface area contributed by atoms with Crippen molar-refractivity contribution in [2.45, 2.75) is 6.23 Å². The number of piperazine rings is 1. The maximum atomic E-state index is 11.4. The summed E-state index contributed by atoms with van der Waals surface area (Å²) in [7, 11) is 5.20. The molecule has 1 aromatic rings. The lowest BCUT2D eigenvalue weighted by Gasteiger charge is -2.40. The Hall–Kier alpha value is -1.59. The van der Waals surface area contributed by atoms with Crippen molar-refractivity contribution in [2.75, 3.05) is 45.8 Å². The first kappa shape index (κ1) is 13.8. The molecule has 1 aliphatic heterocycles. The molecule has 0 spiro atoms. The van der Waals surface area contributed by atoms with E-state index in [0.717, 1.165) is 25.3 Å². The fourth-order valence-corrected chi connectivity index (χ4v) is 2.28. The maximum Gasteiger partial charge on any atom is 0.337 e. The maximum absolute atomic E-state index is 11.4. The number of ether oxygens (including phenoxy) is 2. The number of hydrogen-bond donors (Lipinski definition) is 0. The molecular weight excluding hydrogens is 244 g/mol. The Kier molecular flexibility index (Phi) is 4.39. The zero-order chi connectivity index (χ0) is 13.8. The van der Waals surface area contributed by atoms with Gasteiger partial charge in [-0.3, -0.25) is 0 Å². The molecule has 0 saturated carbocycles. The molecule has 0 aliphatic carbocycles. The Balaban J connectivity index is 2.14. The number of carbonyl (C=O) groups excluding carboxylic acids is 1. The van der Waals surface area contributed by atoms with Crippen molar-refractivity contribution in [1.82, 2.24) is 4.90 Å². The molecule has 5 nitrogen and oxygen atoms in total. The first-order valence-electron chi connectivity index (χ1n) is 6.32. The lowest BCUT2D eigenvalue weighted by atomic mass is 10.1. The average molecular weight is 264 g/mol. The number of esters is 1. The van der Waals surface area contributed by atoms with Gasteiger partial charge in [-0.25, -0.2) is 4.79 Å². The van der Waals surface area contributed by atoms with Gasteiger partial charge in [0.25, 0.3) is 0 Å². The topological polar surface area (TPSA) is 42.0 Å². The number of anilines is 1. The minimum absolute atomic E-state index is 0.0442. The fourth-order valence-electron chi connectivity index (χ4n) is 2.28. The van der Waals surface area contributed by atoms with Crippen LogP contribution in [0, 0.1) is 0 Å². The number of rotatable bonds is 3. The number of carbonyl (C=O) groups is 1. The lowest BCUT2D eigenvalue weighted by molar-refractivity contribution is 0.0498. The molecule has 1 aliphatic rings. The highest BCUT2D eigenvalue weighted by Gasteiger charge is 2.25. The summed E-state index contributed by atoms with van der Waals surface area (Å²) >= 11 is 0. The Morgan fingerprint density at radius 2 is 1.89 bits per heavy atom. The van der Waals surface area contributed by atoms with Crippen LogP contribution in [0.15, 0.2) is 24.3 Å². The molecule has 0 N–H and O–H groups in total. The van der Waals surface area contributed by atoms with Gasteiger partial charge in [0.1, 0.15) is 6.23 Å². The predicted octanol–water partition coefficient (Wildman–Crippen LogP) is 1.20. The van der Waals surface area contributed by atoms with Crippen LogP contribution >= 0.6 is 0 Å². The summed E-state index contributed by atoms with van der Waals surface area (Å²) in [4.78, 5) is 15.9. The Morgan fingerprint density at radius 3 is 2.47 bits per heavy atom. The van der Waals surface area contributed by atoms with E-state index in [1.54, 1.807) is 19.2 Å². The highest BCUT2D eigenvalue weighted by atomic mass is 16.5. The number of nitrogens with zero attached hydrogens (tertiary/aromatic N) is 2. The van der Waals surface area contributed by atoms with Crippen molar-refractivity contribution in [1.29, 1.82) is 0 Å². The predicted molar refractivity (Wildman–Crippen MR) is 73.4 cm³/mol. The Labute approximate surface area is 113 Å². The van der Waals surface area contributed by atoms with Crippen molar-refractivity contribution < 1.29 is 14.3 Å². The number of benzene rings is 1. The third-order valence-corrected chi connectivity index (χ3v) is 3.43. The van der Waals surface area contributed by atoms with Crippen LogP contribution in [-0.4, -0.2) is 58.0 Å². The molecule has 1 heterocycles. The van der Waals surface area contributed by atoms with Gasteiger partial charge in [-0.2, -0.15) is 0 Å². The highest BCUT2D eigenvalue weighted by molar-refractivity contribution is 5.89. The van der Waals surface area contributed by atoms with Gasteiger partial charge >= 0.3 is 5.97 Å². The molecule has 0 bridgehead atoms. The van der Waals surface area contributed by atoms with E-state index in [9.17, 15) is 4.79 Å². The molecule has 0 amide bonds. The largest absolute Gasteiger partial charge is 0.465 e. The number of hydrogen-bond acceptors (Lipinski definition) is 5. The van der Waals surface area contributed by atoms with Gasteiger partial charge in [0.2, 0.25) is 0 Å². The van der Waals surface area contributed by atoms with Gasteiger partial charge in [0.15, 0.2) is 0 Å². The van der Waals surface area contributed by atoms with Crippen LogP contribution in [-0.2, 0) is 9.47 Å². The van der Waals surface area contributed by atoms with E-state index in [-0.39, 0.29) is 12.2 Å². The van der Waals surface area contributed by atoms with Crippen LogP contribution in [0.3, 0.4) is 0 Å². The molecule has 19 heavy (non-hydrogen) atoms. The second kappa shape index (κ2) is 6.04. The van der Waals surface area contributed by atoms with Gasteiger partial charge in [-0.15, -0.1) is 0 Å². The summed E-state index contributed by atoms with van der Waals surface area (Å²) in [5.41, 5.74) is 1.63. The summed E-state index contributed by atoms with van der Waals surface area (Å²) < 4.78 is 10.2. The normalized spacial score (nSPS) is 20.4. The summed E-state index contributed by atoms with van der Waals surface area (Å²) in [6.45, 7) is 2.78. The van der Waals surface area contributed by atoms with E-state index in [2.05, 4.69) is 16.8 Å². The number of methoxy groups -OCH3 is 2. The average Bonchev–Trinajstić information content (AvgIpc) is 2.46. The molecule has 1 fully saturated rings. The summed E-state index contributed by atoms with van der Waals surface area (Å²) in [6, 6.07) is 7.44. The van der Waals surface area contributed by atoms with E-state index in [4.69, 9.17) is 9.47 Å². The van der Waals surface area contributed by atoms with Gasteiger partial charge < -0.3 is 19.3 Å². The standard InChI is InChI=1S/C14H20N2O3/c1-15-8-9-16(13(10-15)18-2)12-6-4-11(5-7-12)14(17)19-3/h4-7,13H,8-10H2,1-3H3. The molecule has 1 unspecified atom stereocenters. The molecule has 5 heteroatoms. The van der Waals surface area contributed by atoms with Gasteiger partial charge in [0.05, 0.1) is 12.7 Å². The van der Waals surface area contributed by atoms with Crippen molar-refractivity contribution >= 4 is 11.7 Å². The molecular formula is C14H20N2O3. The van der Waals surface area contributed by atoms with Crippen LogP contribution in [0.2, 0.25) is 0 Å². The van der Waals surface area contributed by atoms with E-state index in [1.165, 1.54) is 7.11 Å². The van der Waals surface area contributed by atoms with Gasteiger partial charge in [-0.1, -0.05) is 0 Å². The minimum atomic E-state index is -0.312. The Morgan fingerprint density at radius 1 is 1.21 bits per heavy atom. The lowest BCUT2D eigenvalue weighted by Crippen LogP contribution is -2.52. The quantitative estimate of drug-likeness (QED) is 0.767. The molecule has 1 saturated heterocycles.